The maximum atomic E-state index is 6.47. The maximum absolute atomic E-state index is 6.47. The third-order valence-electron chi connectivity index (χ3n) is 3.18. The Labute approximate surface area is 118 Å². The number of nitrogens with zero attached hydrogens (tertiary/aromatic N) is 1. The van der Waals surface area contributed by atoms with E-state index in [0.29, 0.717) is 5.92 Å². The van der Waals surface area contributed by atoms with Crippen LogP contribution in [0.4, 0.5) is 0 Å². The molecule has 3 heteroatoms. The van der Waals surface area contributed by atoms with Gasteiger partial charge in [0.15, 0.2) is 0 Å². The Morgan fingerprint density at radius 3 is 2.83 bits per heavy atom. The molecule has 0 aliphatic carbocycles. The van der Waals surface area contributed by atoms with Crippen LogP contribution in [0.15, 0.2) is 41.9 Å². The van der Waals surface area contributed by atoms with Crippen molar-refractivity contribution in [1.29, 1.82) is 0 Å². The lowest BCUT2D eigenvalue weighted by Crippen LogP contribution is -2.11. The average molecular weight is 280 g/mol. The number of thiophene rings is 1. The van der Waals surface area contributed by atoms with E-state index in [-0.39, 0.29) is 5.38 Å². The molecule has 2 aromatic heterocycles. The molecule has 96 valence electrons. The van der Waals surface area contributed by atoms with Crippen LogP contribution in [0.25, 0.3) is 0 Å². The first-order valence-corrected chi connectivity index (χ1v) is 7.66. The Bertz CT molecular complexity index is 441. The molecule has 0 bridgehead atoms. The van der Waals surface area contributed by atoms with Crippen molar-refractivity contribution >= 4 is 22.9 Å². The molecule has 0 amide bonds. The van der Waals surface area contributed by atoms with Crippen molar-refractivity contribution in [2.75, 3.05) is 0 Å². The van der Waals surface area contributed by atoms with Gasteiger partial charge in [0.2, 0.25) is 0 Å². The highest BCUT2D eigenvalue weighted by Gasteiger charge is 2.16. The summed E-state index contributed by atoms with van der Waals surface area (Å²) < 4.78 is 0. The van der Waals surface area contributed by atoms with Gasteiger partial charge in [-0.05, 0) is 42.8 Å². The standard InChI is InChI=1S/C15H18ClNS/c1-12(15-9-2-3-10-17-15)14(16)8-4-6-13-7-5-11-18-13/h2-3,5,7,9-12,14H,4,6,8H2,1H3. The van der Waals surface area contributed by atoms with E-state index in [2.05, 4.69) is 35.5 Å². The Hall–Kier alpha value is -0.860. The number of hydrogen-bond donors (Lipinski definition) is 0. The molecule has 0 aliphatic heterocycles. The smallest absolute Gasteiger partial charge is 0.0446 e. The Morgan fingerprint density at radius 1 is 1.28 bits per heavy atom. The highest BCUT2D eigenvalue weighted by atomic mass is 35.5. The summed E-state index contributed by atoms with van der Waals surface area (Å²) in [6.07, 6.45) is 5.15. The number of rotatable bonds is 6. The van der Waals surface area contributed by atoms with Gasteiger partial charge in [-0.1, -0.05) is 19.1 Å². The number of alkyl halides is 1. The quantitative estimate of drug-likeness (QED) is 0.687. The molecule has 0 radical (unpaired) electrons. The molecule has 0 saturated heterocycles. The number of halogens is 1. The molecule has 2 aromatic rings. The van der Waals surface area contributed by atoms with Crippen molar-refractivity contribution in [1.82, 2.24) is 4.98 Å². The van der Waals surface area contributed by atoms with E-state index in [1.165, 1.54) is 4.88 Å². The van der Waals surface area contributed by atoms with Gasteiger partial charge in [0, 0.05) is 28.1 Å². The molecular formula is C15H18ClNS. The van der Waals surface area contributed by atoms with Crippen molar-refractivity contribution < 1.29 is 0 Å². The summed E-state index contributed by atoms with van der Waals surface area (Å²) in [4.78, 5) is 5.82. The van der Waals surface area contributed by atoms with E-state index in [9.17, 15) is 0 Å². The van der Waals surface area contributed by atoms with E-state index in [4.69, 9.17) is 11.6 Å². The molecule has 2 unspecified atom stereocenters. The second-order valence-electron chi connectivity index (χ2n) is 4.53. The molecule has 2 heterocycles. The van der Waals surface area contributed by atoms with Crippen molar-refractivity contribution in [3.63, 3.8) is 0 Å². The molecule has 0 aromatic carbocycles. The van der Waals surface area contributed by atoms with Gasteiger partial charge in [-0.3, -0.25) is 4.98 Å². The molecule has 0 N–H and O–H groups in total. The van der Waals surface area contributed by atoms with Gasteiger partial charge in [0.05, 0.1) is 0 Å². The zero-order valence-electron chi connectivity index (χ0n) is 10.6. The van der Waals surface area contributed by atoms with E-state index in [1.807, 2.05) is 29.7 Å². The van der Waals surface area contributed by atoms with Gasteiger partial charge in [-0.15, -0.1) is 22.9 Å². The molecule has 2 atom stereocenters. The second-order valence-corrected chi connectivity index (χ2v) is 6.12. The third-order valence-corrected chi connectivity index (χ3v) is 4.71. The van der Waals surface area contributed by atoms with E-state index in [0.717, 1.165) is 25.0 Å². The minimum Gasteiger partial charge on any atom is -0.261 e. The molecule has 18 heavy (non-hydrogen) atoms. The van der Waals surface area contributed by atoms with Crippen LogP contribution in [0.5, 0.6) is 0 Å². The van der Waals surface area contributed by atoms with Crippen molar-refractivity contribution in [2.45, 2.75) is 37.5 Å². The van der Waals surface area contributed by atoms with Crippen LogP contribution in [0.3, 0.4) is 0 Å². The van der Waals surface area contributed by atoms with E-state index in [1.54, 1.807) is 0 Å². The first-order chi connectivity index (χ1) is 8.77. The normalized spacial score (nSPS) is 14.3. The first kappa shape index (κ1) is 13.6. The summed E-state index contributed by atoms with van der Waals surface area (Å²) in [5.74, 6) is 0.316. The summed E-state index contributed by atoms with van der Waals surface area (Å²) in [5, 5.41) is 2.30. The fourth-order valence-corrected chi connectivity index (χ4v) is 3.04. The highest BCUT2D eigenvalue weighted by Crippen LogP contribution is 2.25. The summed E-state index contributed by atoms with van der Waals surface area (Å²) in [7, 11) is 0. The summed E-state index contributed by atoms with van der Waals surface area (Å²) in [5.41, 5.74) is 1.09. The molecule has 2 rings (SSSR count). The van der Waals surface area contributed by atoms with E-state index < -0.39 is 0 Å². The molecule has 0 aliphatic rings. The number of aromatic nitrogens is 1. The van der Waals surface area contributed by atoms with Gasteiger partial charge in [0.1, 0.15) is 0 Å². The largest absolute Gasteiger partial charge is 0.261 e. The maximum Gasteiger partial charge on any atom is 0.0446 e. The van der Waals surface area contributed by atoms with Crippen LogP contribution in [0, 0.1) is 0 Å². The van der Waals surface area contributed by atoms with Gasteiger partial charge < -0.3 is 0 Å². The third kappa shape index (κ3) is 3.82. The van der Waals surface area contributed by atoms with Crippen molar-refractivity contribution in [3.05, 3.63) is 52.5 Å². The minimum atomic E-state index is 0.167. The predicted octanol–water partition coefficient (Wildman–Crippen LogP) is 4.88. The SMILES string of the molecule is CC(c1ccccn1)C(Cl)CCCc1cccs1. The Kier molecular flexibility index (Phi) is 5.21. The van der Waals surface area contributed by atoms with Gasteiger partial charge in [-0.25, -0.2) is 0 Å². The number of hydrogen-bond acceptors (Lipinski definition) is 2. The van der Waals surface area contributed by atoms with Crippen LogP contribution in [-0.2, 0) is 6.42 Å². The predicted molar refractivity (Wildman–Crippen MR) is 79.6 cm³/mol. The van der Waals surface area contributed by atoms with Gasteiger partial charge in [-0.2, -0.15) is 0 Å². The van der Waals surface area contributed by atoms with Crippen LogP contribution in [0.1, 0.15) is 36.3 Å². The van der Waals surface area contributed by atoms with Crippen LogP contribution >= 0.6 is 22.9 Å². The lowest BCUT2D eigenvalue weighted by molar-refractivity contribution is 0.604. The van der Waals surface area contributed by atoms with E-state index >= 15 is 0 Å². The first-order valence-electron chi connectivity index (χ1n) is 6.35. The average Bonchev–Trinajstić information content (AvgIpc) is 2.92. The fourth-order valence-electron chi connectivity index (χ4n) is 2.01. The zero-order valence-corrected chi connectivity index (χ0v) is 12.1. The zero-order chi connectivity index (χ0) is 12.8. The molecule has 0 saturated carbocycles. The van der Waals surface area contributed by atoms with Crippen LogP contribution < -0.4 is 0 Å². The fraction of sp³-hybridized carbons (Fsp3) is 0.400. The van der Waals surface area contributed by atoms with Crippen molar-refractivity contribution in [2.24, 2.45) is 0 Å². The molecule has 0 fully saturated rings. The number of pyridine rings is 1. The minimum absolute atomic E-state index is 0.167. The van der Waals surface area contributed by atoms with Crippen LogP contribution in [0.2, 0.25) is 0 Å². The molecule has 0 spiro atoms. The monoisotopic (exact) mass is 279 g/mol. The molecular weight excluding hydrogens is 262 g/mol. The summed E-state index contributed by atoms with van der Waals surface area (Å²) in [6.45, 7) is 2.16. The summed E-state index contributed by atoms with van der Waals surface area (Å²) in [6, 6.07) is 10.3. The highest BCUT2D eigenvalue weighted by molar-refractivity contribution is 7.09. The Morgan fingerprint density at radius 2 is 2.17 bits per heavy atom. The topological polar surface area (TPSA) is 12.9 Å². The van der Waals surface area contributed by atoms with Gasteiger partial charge in [0.25, 0.3) is 0 Å². The van der Waals surface area contributed by atoms with Crippen LogP contribution in [-0.4, -0.2) is 10.4 Å². The molecule has 1 nitrogen and oxygen atoms in total. The number of aryl methyl sites for hydroxylation is 1. The van der Waals surface area contributed by atoms with Crippen molar-refractivity contribution in [3.8, 4) is 0 Å². The summed E-state index contributed by atoms with van der Waals surface area (Å²) >= 11 is 8.29. The Balaban J connectivity index is 1.79. The van der Waals surface area contributed by atoms with Gasteiger partial charge >= 0.3 is 0 Å². The lowest BCUT2D eigenvalue weighted by atomic mass is 9.98. The second kappa shape index (κ2) is 6.91. The lowest BCUT2D eigenvalue weighted by Gasteiger charge is -2.17.